The van der Waals surface area contributed by atoms with Gasteiger partial charge in [0.05, 0.1) is 15.5 Å². The summed E-state index contributed by atoms with van der Waals surface area (Å²) < 4.78 is 76.5. The molecule has 0 aromatic heterocycles. The number of sulfonamides is 1. The van der Waals surface area contributed by atoms with Crippen LogP contribution in [0.15, 0.2) is 97.6 Å². The molecule has 1 aliphatic carbocycles. The van der Waals surface area contributed by atoms with Crippen LogP contribution in [0.3, 0.4) is 0 Å². The predicted octanol–water partition coefficient (Wildman–Crippen LogP) is 1.37. The third-order valence-corrected chi connectivity index (χ3v) is 7.40. The molecule has 12 heteroatoms. The third-order valence-electron chi connectivity index (χ3n) is 3.88. The minimum absolute atomic E-state index is 0.130. The van der Waals surface area contributed by atoms with Crippen LogP contribution in [-0.2, 0) is 35.9 Å². The molecular formula is C18H14N2O7S3. The zero-order valence-electron chi connectivity index (χ0n) is 15.0. The lowest BCUT2D eigenvalue weighted by Crippen LogP contribution is -2.31. The van der Waals surface area contributed by atoms with Crippen molar-refractivity contribution >= 4 is 42.6 Å². The lowest BCUT2D eigenvalue weighted by Gasteiger charge is -2.17. The van der Waals surface area contributed by atoms with E-state index in [1.807, 2.05) is 0 Å². The number of ketones is 1. The molecule has 0 saturated heterocycles. The van der Waals surface area contributed by atoms with E-state index in [0.29, 0.717) is 6.08 Å². The summed E-state index contributed by atoms with van der Waals surface area (Å²) in [5.41, 5.74) is -0.914. The second-order valence-corrected chi connectivity index (χ2v) is 10.1. The average Bonchev–Trinajstić information content (AvgIpc) is 2.70. The molecule has 1 unspecified atom stereocenters. The van der Waals surface area contributed by atoms with Crippen molar-refractivity contribution in [2.45, 2.75) is 9.79 Å². The van der Waals surface area contributed by atoms with Gasteiger partial charge in [0.2, 0.25) is 9.84 Å². The number of allylic oxidation sites excluding steroid dienone is 3. The van der Waals surface area contributed by atoms with Crippen molar-refractivity contribution in [2.24, 2.45) is 4.40 Å². The number of carbonyl (C=O) groups is 1. The Morgan fingerprint density at radius 1 is 0.833 bits per heavy atom. The van der Waals surface area contributed by atoms with Crippen molar-refractivity contribution in [1.82, 2.24) is 4.72 Å². The molecule has 3 rings (SSSR count). The Hall–Kier alpha value is -2.93. The van der Waals surface area contributed by atoms with Gasteiger partial charge in [0.15, 0.2) is 5.78 Å². The first-order chi connectivity index (χ1) is 14.1. The molecule has 30 heavy (non-hydrogen) atoms. The molecule has 1 aliphatic rings. The van der Waals surface area contributed by atoms with Gasteiger partial charge in [-0.25, -0.2) is 21.0 Å². The molecule has 0 saturated carbocycles. The topological polar surface area (TPSA) is 147 Å². The highest BCUT2D eigenvalue weighted by molar-refractivity contribution is 7.96. The number of nitrogens with zero attached hydrogens (tertiary/aromatic N) is 1. The van der Waals surface area contributed by atoms with Crippen molar-refractivity contribution < 1.29 is 30.4 Å². The highest BCUT2D eigenvalue weighted by Crippen LogP contribution is 2.25. The summed E-state index contributed by atoms with van der Waals surface area (Å²) in [6.07, 6.45) is 1.48. The Balaban J connectivity index is 2.05. The van der Waals surface area contributed by atoms with Crippen molar-refractivity contribution in [3.05, 3.63) is 83.4 Å². The summed E-state index contributed by atoms with van der Waals surface area (Å²) in [4.78, 5) is 11.5. The van der Waals surface area contributed by atoms with E-state index in [9.17, 15) is 25.8 Å². The van der Waals surface area contributed by atoms with Gasteiger partial charge in [0, 0.05) is 6.08 Å². The van der Waals surface area contributed by atoms with Crippen LogP contribution in [0.5, 0.6) is 0 Å². The van der Waals surface area contributed by atoms with E-state index < -0.39 is 53.2 Å². The van der Waals surface area contributed by atoms with E-state index in [0.717, 1.165) is 6.08 Å². The monoisotopic (exact) mass is 466 g/mol. The molecule has 0 heterocycles. The van der Waals surface area contributed by atoms with Gasteiger partial charge in [-0.15, -0.1) is 0 Å². The van der Waals surface area contributed by atoms with Crippen LogP contribution in [0.2, 0.25) is 0 Å². The van der Waals surface area contributed by atoms with Crippen LogP contribution < -0.4 is 4.72 Å². The van der Waals surface area contributed by atoms with E-state index in [1.54, 1.807) is 12.1 Å². The van der Waals surface area contributed by atoms with Crippen molar-refractivity contribution in [2.75, 3.05) is 0 Å². The summed E-state index contributed by atoms with van der Waals surface area (Å²) >= 11 is -2.79. The molecule has 2 aromatic rings. The molecule has 2 N–H and O–H groups in total. The Morgan fingerprint density at radius 2 is 1.37 bits per heavy atom. The molecular weight excluding hydrogens is 452 g/mol. The first-order valence-electron chi connectivity index (χ1n) is 8.17. The molecule has 0 aliphatic heterocycles. The average molecular weight is 467 g/mol. The summed E-state index contributed by atoms with van der Waals surface area (Å²) in [5, 5.41) is 0. The fourth-order valence-electron chi connectivity index (χ4n) is 2.53. The Morgan fingerprint density at radius 3 is 1.90 bits per heavy atom. The lowest BCUT2D eigenvalue weighted by atomic mass is 10.1. The number of hydrogen-bond donors (Lipinski definition) is 2. The fourth-order valence-corrected chi connectivity index (χ4v) is 5.30. The predicted molar refractivity (Wildman–Crippen MR) is 110 cm³/mol. The van der Waals surface area contributed by atoms with E-state index in [2.05, 4.69) is 9.12 Å². The van der Waals surface area contributed by atoms with Crippen LogP contribution in [0.25, 0.3) is 0 Å². The van der Waals surface area contributed by atoms with Crippen molar-refractivity contribution in [1.29, 1.82) is 0 Å². The largest absolute Gasteiger partial charge is 0.288 e. The van der Waals surface area contributed by atoms with Gasteiger partial charge in [0.1, 0.15) is 10.6 Å². The Labute approximate surface area is 175 Å². The maximum Gasteiger partial charge on any atom is 0.282 e. The SMILES string of the molecule is O=C1C=C(NS(=O)(=O)c2ccccc2)/C(=N\S(=O)O)C=C1S(=O)(=O)c1ccccc1. The second-order valence-electron chi connectivity index (χ2n) is 5.87. The normalized spacial score (nSPS) is 17.2. The fraction of sp³-hybridized carbons (Fsp3) is 0. The molecule has 0 fully saturated rings. The first-order valence-corrected chi connectivity index (χ1v) is 12.2. The number of rotatable bonds is 6. The zero-order chi connectivity index (χ0) is 21.9. The molecule has 0 bridgehead atoms. The van der Waals surface area contributed by atoms with E-state index >= 15 is 0 Å². The van der Waals surface area contributed by atoms with Crippen LogP contribution >= 0.6 is 0 Å². The van der Waals surface area contributed by atoms with Gasteiger partial charge in [0.25, 0.3) is 21.3 Å². The molecule has 0 spiro atoms. The quantitative estimate of drug-likeness (QED) is 0.483. The van der Waals surface area contributed by atoms with Crippen LogP contribution in [0.4, 0.5) is 0 Å². The first kappa shape index (κ1) is 21.8. The smallest absolute Gasteiger partial charge is 0.282 e. The van der Waals surface area contributed by atoms with Crippen molar-refractivity contribution in [3.63, 3.8) is 0 Å². The number of nitrogens with one attached hydrogen (secondary N) is 1. The van der Waals surface area contributed by atoms with Crippen LogP contribution in [0, 0.1) is 0 Å². The highest BCUT2D eigenvalue weighted by Gasteiger charge is 2.32. The van der Waals surface area contributed by atoms with E-state index in [-0.39, 0.29) is 9.79 Å². The van der Waals surface area contributed by atoms with Gasteiger partial charge in [-0.05, 0) is 30.3 Å². The number of sulfone groups is 1. The standard InChI is InChI=1S/C18H14N2O7S3/c21-17-11-16(20-30(26,27)14-9-5-2-6-10-14)15(19-28(22)23)12-18(17)29(24,25)13-7-3-1-4-8-13/h1-12,20H,(H,22,23)/b19-15-. The van der Waals surface area contributed by atoms with Gasteiger partial charge in [-0.3, -0.25) is 14.1 Å². The summed E-state index contributed by atoms with van der Waals surface area (Å²) in [6, 6.07) is 14.3. The molecule has 9 nitrogen and oxygen atoms in total. The number of benzene rings is 2. The zero-order valence-corrected chi connectivity index (χ0v) is 17.4. The van der Waals surface area contributed by atoms with E-state index in [1.165, 1.54) is 48.5 Å². The number of hydrogen-bond acceptors (Lipinski definition) is 6. The van der Waals surface area contributed by atoms with Gasteiger partial charge in [-0.1, -0.05) is 36.4 Å². The van der Waals surface area contributed by atoms with Crippen LogP contribution in [0.1, 0.15) is 0 Å². The van der Waals surface area contributed by atoms with Gasteiger partial charge in [-0.2, -0.15) is 4.40 Å². The van der Waals surface area contributed by atoms with Crippen molar-refractivity contribution in [3.8, 4) is 0 Å². The maximum absolute atomic E-state index is 12.8. The summed E-state index contributed by atoms with van der Waals surface area (Å²) in [7, 11) is -8.44. The number of carbonyl (C=O) groups excluding carboxylic acids is 1. The third kappa shape index (κ3) is 4.62. The van der Waals surface area contributed by atoms with E-state index in [4.69, 9.17) is 4.55 Å². The Bertz CT molecular complexity index is 1310. The minimum atomic E-state index is -4.27. The van der Waals surface area contributed by atoms with Gasteiger partial charge < -0.3 is 0 Å². The maximum atomic E-state index is 12.8. The van der Waals surface area contributed by atoms with Crippen LogP contribution in [-0.4, -0.2) is 37.1 Å². The Kier molecular flexibility index (Phi) is 6.12. The molecule has 0 amide bonds. The molecule has 156 valence electrons. The summed E-state index contributed by atoms with van der Waals surface area (Å²) in [5.74, 6) is -1.01. The van der Waals surface area contributed by atoms with Gasteiger partial charge >= 0.3 is 0 Å². The summed E-state index contributed by atoms with van der Waals surface area (Å²) in [6.45, 7) is 0. The highest BCUT2D eigenvalue weighted by atomic mass is 32.2. The second kappa shape index (κ2) is 8.44. The lowest BCUT2D eigenvalue weighted by molar-refractivity contribution is -0.110. The minimum Gasteiger partial charge on any atom is -0.288 e. The molecule has 0 radical (unpaired) electrons. The molecule has 2 aromatic carbocycles. The molecule has 1 atom stereocenters.